The zero-order chi connectivity index (χ0) is 16.8. The van der Waals surface area contributed by atoms with E-state index < -0.39 is 0 Å². The topological polar surface area (TPSA) is 17.1 Å². The van der Waals surface area contributed by atoms with Gasteiger partial charge in [0.25, 0.3) is 0 Å². The molecule has 0 heterocycles. The van der Waals surface area contributed by atoms with Gasteiger partial charge in [-0.3, -0.25) is 4.79 Å². The summed E-state index contributed by atoms with van der Waals surface area (Å²) in [4.78, 5) is 10.7. The summed E-state index contributed by atoms with van der Waals surface area (Å²) >= 11 is 0. The summed E-state index contributed by atoms with van der Waals surface area (Å²) in [6.45, 7) is 14.0. The number of carbonyl (C=O) groups is 1. The highest BCUT2D eigenvalue weighted by molar-refractivity contribution is 5.89. The predicted octanol–water partition coefficient (Wildman–Crippen LogP) is 6.56. The average Bonchev–Trinajstić information content (AvgIpc) is 2.51. The highest BCUT2D eigenvalue weighted by Gasteiger charge is 2.05. The zero-order valence-corrected chi connectivity index (χ0v) is 14.9. The Morgan fingerprint density at radius 2 is 1.86 bits per heavy atom. The lowest BCUT2D eigenvalue weighted by Crippen LogP contribution is -1.91. The molecule has 2 heteroatoms. The maximum atomic E-state index is 12.6. The summed E-state index contributed by atoms with van der Waals surface area (Å²) in [7, 11) is 0. The Kier molecular flexibility index (Phi) is 14.5. The van der Waals surface area contributed by atoms with Crippen LogP contribution in [0.2, 0.25) is 0 Å². The fourth-order valence-electron chi connectivity index (χ4n) is 1.55. The molecule has 0 saturated carbocycles. The molecule has 0 spiro atoms. The number of ketones is 1. The van der Waals surface area contributed by atoms with Gasteiger partial charge in [-0.15, -0.1) is 0 Å². The van der Waals surface area contributed by atoms with Crippen LogP contribution in [0.3, 0.4) is 0 Å². The summed E-state index contributed by atoms with van der Waals surface area (Å²) in [5.41, 5.74) is 2.09. The molecule has 0 aromatic rings. The van der Waals surface area contributed by atoms with Crippen LogP contribution in [-0.4, -0.2) is 5.78 Å². The number of halogens is 1. The molecule has 1 unspecified atom stereocenters. The number of rotatable bonds is 4. The van der Waals surface area contributed by atoms with Crippen molar-refractivity contribution in [3.05, 3.63) is 35.2 Å². The molecule has 0 radical (unpaired) electrons. The zero-order valence-electron chi connectivity index (χ0n) is 14.9. The van der Waals surface area contributed by atoms with Crippen LogP contribution in [0.1, 0.15) is 74.1 Å². The van der Waals surface area contributed by atoms with Crippen LogP contribution in [0, 0.1) is 5.92 Å². The SMILES string of the molecule is CC.CC1=CC(C)=C(F)CC1.CCC(=O)/C=C\C(C)CC. The maximum absolute atomic E-state index is 12.6. The summed E-state index contributed by atoms with van der Waals surface area (Å²) in [5.74, 6) is 0.816. The van der Waals surface area contributed by atoms with Crippen molar-refractivity contribution in [3.8, 4) is 0 Å². The third kappa shape index (κ3) is 12.3. The van der Waals surface area contributed by atoms with Crippen LogP contribution in [0.4, 0.5) is 4.39 Å². The lowest BCUT2D eigenvalue weighted by molar-refractivity contribution is -0.114. The second kappa shape index (κ2) is 13.8. The molecule has 0 aliphatic heterocycles. The fraction of sp³-hybridized carbons (Fsp3) is 0.632. The quantitative estimate of drug-likeness (QED) is 0.536. The van der Waals surface area contributed by atoms with E-state index in [0.717, 1.165) is 18.4 Å². The minimum absolute atomic E-state index is 0.0561. The van der Waals surface area contributed by atoms with E-state index in [1.54, 1.807) is 6.08 Å². The van der Waals surface area contributed by atoms with Crippen molar-refractivity contribution in [1.82, 2.24) is 0 Å². The fourth-order valence-corrected chi connectivity index (χ4v) is 1.55. The van der Waals surface area contributed by atoms with Crippen LogP contribution >= 0.6 is 0 Å². The van der Waals surface area contributed by atoms with E-state index in [9.17, 15) is 9.18 Å². The Balaban J connectivity index is 0. The molecule has 0 N–H and O–H groups in total. The van der Waals surface area contributed by atoms with E-state index in [1.807, 2.05) is 46.8 Å². The predicted molar refractivity (Wildman–Crippen MR) is 92.0 cm³/mol. The van der Waals surface area contributed by atoms with Crippen molar-refractivity contribution in [2.75, 3.05) is 0 Å². The first kappa shape index (κ1) is 22.1. The average molecular weight is 296 g/mol. The van der Waals surface area contributed by atoms with Crippen molar-refractivity contribution in [1.29, 1.82) is 0 Å². The molecule has 0 fully saturated rings. The van der Waals surface area contributed by atoms with E-state index in [0.29, 0.717) is 18.8 Å². The van der Waals surface area contributed by atoms with Gasteiger partial charge in [-0.05, 0) is 37.8 Å². The van der Waals surface area contributed by atoms with Gasteiger partial charge in [-0.25, -0.2) is 4.39 Å². The van der Waals surface area contributed by atoms with Gasteiger partial charge in [-0.2, -0.15) is 0 Å². The first-order chi connectivity index (χ1) is 9.90. The molecule has 1 aliphatic carbocycles. The molecule has 0 bridgehead atoms. The van der Waals surface area contributed by atoms with Crippen LogP contribution in [0.5, 0.6) is 0 Å². The van der Waals surface area contributed by atoms with Crippen LogP contribution in [-0.2, 0) is 4.79 Å². The Labute approximate surface area is 131 Å². The van der Waals surface area contributed by atoms with E-state index >= 15 is 0 Å². The largest absolute Gasteiger partial charge is 0.295 e. The lowest BCUT2D eigenvalue weighted by Gasteiger charge is -2.08. The molecule has 1 aliphatic rings. The van der Waals surface area contributed by atoms with E-state index in [1.165, 1.54) is 5.57 Å². The van der Waals surface area contributed by atoms with E-state index in [-0.39, 0.29) is 11.6 Å². The smallest absolute Gasteiger partial charge is 0.155 e. The van der Waals surface area contributed by atoms with Crippen molar-refractivity contribution in [2.24, 2.45) is 5.92 Å². The molecule has 0 aromatic heterocycles. The van der Waals surface area contributed by atoms with E-state index in [4.69, 9.17) is 0 Å². The number of hydrogen-bond donors (Lipinski definition) is 0. The normalized spacial score (nSPS) is 15.5. The monoisotopic (exact) mass is 296 g/mol. The molecule has 0 amide bonds. The maximum Gasteiger partial charge on any atom is 0.155 e. The van der Waals surface area contributed by atoms with Crippen molar-refractivity contribution in [3.63, 3.8) is 0 Å². The molecule has 1 rings (SSSR count). The van der Waals surface area contributed by atoms with Crippen LogP contribution in [0.25, 0.3) is 0 Å². The van der Waals surface area contributed by atoms with Crippen molar-refractivity contribution in [2.45, 2.75) is 74.1 Å². The Morgan fingerprint density at radius 1 is 1.29 bits per heavy atom. The summed E-state index contributed by atoms with van der Waals surface area (Å²) < 4.78 is 12.6. The molecular weight excluding hydrogens is 263 g/mol. The third-order valence-corrected chi connectivity index (χ3v) is 3.23. The molecule has 21 heavy (non-hydrogen) atoms. The molecular formula is C19H33FO. The Morgan fingerprint density at radius 3 is 2.24 bits per heavy atom. The van der Waals surface area contributed by atoms with Gasteiger partial charge in [0.2, 0.25) is 0 Å². The summed E-state index contributed by atoms with van der Waals surface area (Å²) in [6, 6.07) is 0. The minimum atomic E-state index is 0.0561. The van der Waals surface area contributed by atoms with Crippen molar-refractivity contribution < 1.29 is 9.18 Å². The van der Waals surface area contributed by atoms with Crippen LogP contribution < -0.4 is 0 Å². The van der Waals surface area contributed by atoms with Crippen LogP contribution in [0.15, 0.2) is 35.2 Å². The Bertz CT molecular complexity index is 375. The van der Waals surface area contributed by atoms with Gasteiger partial charge in [0, 0.05) is 12.8 Å². The minimum Gasteiger partial charge on any atom is -0.295 e. The van der Waals surface area contributed by atoms with Gasteiger partial charge in [0.15, 0.2) is 5.78 Å². The molecule has 122 valence electrons. The van der Waals surface area contributed by atoms with Gasteiger partial charge in [0.1, 0.15) is 5.83 Å². The van der Waals surface area contributed by atoms with Gasteiger partial charge in [0.05, 0.1) is 0 Å². The van der Waals surface area contributed by atoms with E-state index in [2.05, 4.69) is 13.8 Å². The highest BCUT2D eigenvalue weighted by atomic mass is 19.1. The number of carbonyl (C=O) groups excluding carboxylic acids is 1. The van der Waals surface area contributed by atoms with Crippen molar-refractivity contribution >= 4 is 5.78 Å². The first-order valence-corrected chi connectivity index (χ1v) is 8.14. The van der Waals surface area contributed by atoms with Gasteiger partial charge >= 0.3 is 0 Å². The lowest BCUT2D eigenvalue weighted by atomic mass is 10.0. The Hall–Kier alpha value is -1.18. The second-order valence-electron chi connectivity index (χ2n) is 5.14. The molecule has 1 atom stereocenters. The number of allylic oxidation sites excluding steroid dienone is 6. The first-order valence-electron chi connectivity index (χ1n) is 8.14. The number of hydrogen-bond acceptors (Lipinski definition) is 1. The second-order valence-corrected chi connectivity index (χ2v) is 5.14. The third-order valence-electron chi connectivity index (χ3n) is 3.23. The molecule has 0 saturated heterocycles. The summed E-state index contributed by atoms with van der Waals surface area (Å²) in [6.07, 6.45) is 8.80. The summed E-state index contributed by atoms with van der Waals surface area (Å²) in [5, 5.41) is 0. The highest BCUT2D eigenvalue weighted by Crippen LogP contribution is 2.23. The molecule has 0 aromatic carbocycles. The standard InChI is InChI=1S/C9H16O.C8H11F.C2H6/c1-4-8(3)6-7-9(10)5-2;1-6-3-4-8(9)7(2)5-6;1-2/h6-8H,4-5H2,1-3H3;5H,3-4H2,1-2H3;1-2H3/b7-6-;;. The van der Waals surface area contributed by atoms with Gasteiger partial charge in [-0.1, -0.05) is 58.8 Å². The van der Waals surface area contributed by atoms with Gasteiger partial charge < -0.3 is 0 Å². The molecule has 1 nitrogen and oxygen atoms in total.